The van der Waals surface area contributed by atoms with Gasteiger partial charge >= 0.3 is 0 Å². The third kappa shape index (κ3) is 5.76. The van der Waals surface area contributed by atoms with Crippen LogP contribution in [0.5, 0.6) is 11.8 Å². The van der Waals surface area contributed by atoms with Crippen molar-refractivity contribution in [3.8, 4) is 17.4 Å². The van der Waals surface area contributed by atoms with Crippen molar-refractivity contribution >= 4 is 9.84 Å². The third-order valence-corrected chi connectivity index (χ3v) is 8.25. The van der Waals surface area contributed by atoms with Crippen molar-refractivity contribution in [3.63, 3.8) is 0 Å². The first-order valence-corrected chi connectivity index (χ1v) is 14.0. The monoisotopic (exact) mass is 547 g/mol. The van der Waals surface area contributed by atoms with E-state index in [0.29, 0.717) is 37.0 Å². The highest BCUT2D eigenvalue weighted by atomic mass is 32.2. The second-order valence-corrected chi connectivity index (χ2v) is 11.7. The lowest BCUT2D eigenvalue weighted by Crippen LogP contribution is -2.32. The maximum Gasteiger partial charge on any atom is 0.245 e. The molecule has 0 spiro atoms. The Labute approximate surface area is 221 Å². The highest BCUT2D eigenvalue weighted by Gasteiger charge is 2.37. The van der Waals surface area contributed by atoms with Gasteiger partial charge in [-0.05, 0) is 39.7 Å². The molecule has 1 fully saturated rings. The number of ether oxygens (including phenoxy) is 4. The number of rotatable bonds is 11. The van der Waals surface area contributed by atoms with Gasteiger partial charge in [0.25, 0.3) is 0 Å². The van der Waals surface area contributed by atoms with Crippen LogP contribution in [0.15, 0.2) is 18.7 Å². The van der Waals surface area contributed by atoms with Crippen molar-refractivity contribution < 1.29 is 27.4 Å². The average Bonchev–Trinajstić information content (AvgIpc) is 3.56. The molecule has 1 aliphatic heterocycles. The van der Waals surface area contributed by atoms with Crippen molar-refractivity contribution in [1.82, 2.24) is 34.7 Å². The Bertz CT molecular complexity index is 1320. The van der Waals surface area contributed by atoms with E-state index in [1.165, 1.54) is 20.5 Å². The minimum Gasteiger partial charge on any atom is -0.479 e. The lowest BCUT2D eigenvalue weighted by molar-refractivity contribution is 0.00141. The highest BCUT2D eigenvalue weighted by molar-refractivity contribution is 7.91. The molecule has 38 heavy (non-hydrogen) atoms. The van der Waals surface area contributed by atoms with Crippen molar-refractivity contribution in [2.75, 3.05) is 27.4 Å². The lowest BCUT2D eigenvalue weighted by Gasteiger charge is -2.25. The van der Waals surface area contributed by atoms with Crippen LogP contribution < -0.4 is 9.47 Å². The molecule has 0 aromatic carbocycles. The molecule has 0 radical (unpaired) electrons. The fourth-order valence-electron chi connectivity index (χ4n) is 4.23. The Morgan fingerprint density at radius 1 is 1.05 bits per heavy atom. The van der Waals surface area contributed by atoms with Crippen LogP contribution in [0.3, 0.4) is 0 Å². The Hall–Kier alpha value is -3.23. The maximum atomic E-state index is 13.9. The van der Waals surface area contributed by atoms with Gasteiger partial charge in [0.15, 0.2) is 27.2 Å². The van der Waals surface area contributed by atoms with E-state index < -0.39 is 26.9 Å². The Morgan fingerprint density at radius 3 is 2.26 bits per heavy atom. The van der Waals surface area contributed by atoms with Crippen molar-refractivity contribution in [2.24, 2.45) is 0 Å². The number of aromatic nitrogens is 7. The summed E-state index contributed by atoms with van der Waals surface area (Å²) in [5.74, 6) is 0.811. The van der Waals surface area contributed by atoms with E-state index in [0.717, 1.165) is 5.56 Å². The highest BCUT2D eigenvalue weighted by Crippen LogP contribution is 2.35. The summed E-state index contributed by atoms with van der Waals surface area (Å²) in [7, 11) is -0.958. The molecule has 0 amide bonds. The fraction of sp³-hybridized carbons (Fsp3) is 0.583. The summed E-state index contributed by atoms with van der Waals surface area (Å²) in [4.78, 5) is 17.1. The summed E-state index contributed by atoms with van der Waals surface area (Å²) in [5, 5.41) is 7.68. The van der Waals surface area contributed by atoms with Crippen molar-refractivity contribution in [2.45, 2.75) is 63.2 Å². The second kappa shape index (κ2) is 11.7. The molecular formula is C24H33N7O6S. The Morgan fingerprint density at radius 2 is 1.71 bits per heavy atom. The lowest BCUT2D eigenvalue weighted by atomic mass is 10.1. The van der Waals surface area contributed by atoms with Gasteiger partial charge < -0.3 is 18.9 Å². The molecule has 4 rings (SSSR count). The van der Waals surface area contributed by atoms with E-state index in [1.807, 2.05) is 20.8 Å². The molecule has 1 saturated heterocycles. The molecule has 206 valence electrons. The van der Waals surface area contributed by atoms with E-state index >= 15 is 0 Å². The first kappa shape index (κ1) is 27.8. The second-order valence-electron chi connectivity index (χ2n) is 9.35. The fourth-order valence-corrected chi connectivity index (χ4v) is 5.60. The van der Waals surface area contributed by atoms with E-state index in [4.69, 9.17) is 18.9 Å². The van der Waals surface area contributed by atoms with Gasteiger partial charge in [0.1, 0.15) is 24.0 Å². The number of methoxy groups -OCH3 is 2. The Kier molecular flexibility index (Phi) is 8.53. The number of nitrogens with zero attached hydrogens (tertiary/aromatic N) is 7. The predicted molar refractivity (Wildman–Crippen MR) is 136 cm³/mol. The van der Waals surface area contributed by atoms with Gasteiger partial charge in [-0.25, -0.2) is 18.4 Å². The van der Waals surface area contributed by atoms with Gasteiger partial charge in [0.05, 0.1) is 32.2 Å². The molecule has 0 saturated carbocycles. The van der Waals surface area contributed by atoms with Crippen LogP contribution in [0.1, 0.15) is 62.3 Å². The largest absolute Gasteiger partial charge is 0.479 e. The van der Waals surface area contributed by atoms with Crippen LogP contribution in [0, 0.1) is 6.92 Å². The van der Waals surface area contributed by atoms with Crippen molar-refractivity contribution in [3.05, 3.63) is 41.8 Å². The molecule has 3 aromatic rings. The number of hydrogen-bond acceptors (Lipinski definition) is 12. The topological polar surface area (TPSA) is 153 Å². The van der Waals surface area contributed by atoms with Gasteiger partial charge in [0, 0.05) is 24.9 Å². The van der Waals surface area contributed by atoms with Crippen LogP contribution >= 0.6 is 0 Å². The molecule has 3 atom stereocenters. The van der Waals surface area contributed by atoms with Crippen LogP contribution in [-0.2, 0) is 25.1 Å². The number of sulfone groups is 1. The first-order valence-electron chi connectivity index (χ1n) is 12.3. The summed E-state index contributed by atoms with van der Waals surface area (Å²) >= 11 is 0. The van der Waals surface area contributed by atoms with Gasteiger partial charge in [-0.15, -0.1) is 10.2 Å². The van der Waals surface area contributed by atoms with Gasteiger partial charge in [-0.3, -0.25) is 4.57 Å². The van der Waals surface area contributed by atoms with Gasteiger partial charge in [-0.1, -0.05) is 0 Å². The zero-order valence-electron chi connectivity index (χ0n) is 22.4. The van der Waals surface area contributed by atoms with E-state index in [-0.39, 0.29) is 29.6 Å². The summed E-state index contributed by atoms with van der Waals surface area (Å²) in [6.07, 6.45) is 4.14. The standard InChI is InChI=1S/C24H33N7O6S/c1-14(2)37-20(21-25-9-15(3)10-26-21)16(4)38(32,33)12-18-29-30-22(17-7-8-36-11-17)31(18)19-23(34-5)27-13-28-24(19)35-6/h9-10,13-14,16-17,20H,7-8,11-12H2,1-6H3/t16-,17+,20+/m0/s1. The number of aryl methyl sites for hydroxylation is 1. The minimum absolute atomic E-state index is 0.107. The van der Waals surface area contributed by atoms with E-state index in [1.54, 1.807) is 23.9 Å². The molecule has 0 unspecified atom stereocenters. The molecule has 3 aromatic heterocycles. The molecule has 0 aliphatic carbocycles. The van der Waals surface area contributed by atoms with E-state index in [2.05, 4.69) is 30.1 Å². The van der Waals surface area contributed by atoms with E-state index in [9.17, 15) is 8.42 Å². The molecule has 13 nitrogen and oxygen atoms in total. The van der Waals surface area contributed by atoms with Crippen LogP contribution in [-0.4, -0.2) is 81.9 Å². The molecule has 14 heteroatoms. The predicted octanol–water partition coefficient (Wildman–Crippen LogP) is 2.15. The van der Waals surface area contributed by atoms with Crippen LogP contribution in [0.4, 0.5) is 0 Å². The third-order valence-electron chi connectivity index (χ3n) is 6.21. The first-order chi connectivity index (χ1) is 18.2. The summed E-state index contributed by atoms with van der Waals surface area (Å²) < 4.78 is 51.9. The quantitative estimate of drug-likeness (QED) is 0.345. The molecule has 0 bridgehead atoms. The van der Waals surface area contributed by atoms with Crippen LogP contribution in [0.2, 0.25) is 0 Å². The normalized spacial score (nSPS) is 17.5. The zero-order chi connectivity index (χ0) is 27.4. The average molecular weight is 548 g/mol. The number of hydrogen-bond donors (Lipinski definition) is 0. The summed E-state index contributed by atoms with van der Waals surface area (Å²) in [6, 6.07) is 0. The minimum atomic E-state index is -3.88. The van der Waals surface area contributed by atoms with Gasteiger partial charge in [-0.2, -0.15) is 9.97 Å². The van der Waals surface area contributed by atoms with Gasteiger partial charge in [0.2, 0.25) is 11.8 Å². The summed E-state index contributed by atoms with van der Waals surface area (Å²) in [5.41, 5.74) is 1.18. The SMILES string of the molecule is COc1ncnc(OC)c1-n1c(CS(=O)(=O)[C@@H](C)[C@@H](OC(C)C)c2ncc(C)cn2)nnc1[C@@H]1CCOC1. The van der Waals surface area contributed by atoms with Crippen LogP contribution in [0.25, 0.3) is 5.69 Å². The molecule has 1 aliphatic rings. The van der Waals surface area contributed by atoms with Crippen molar-refractivity contribution in [1.29, 1.82) is 0 Å². The molecule has 4 heterocycles. The zero-order valence-corrected chi connectivity index (χ0v) is 23.2. The molecule has 0 N–H and O–H groups in total. The maximum absolute atomic E-state index is 13.9. The summed E-state index contributed by atoms with van der Waals surface area (Å²) in [6.45, 7) is 8.10. The Balaban J connectivity index is 1.78. The smallest absolute Gasteiger partial charge is 0.245 e. The molecular weight excluding hydrogens is 514 g/mol.